The van der Waals surface area contributed by atoms with Crippen LogP contribution >= 0.6 is 0 Å². The van der Waals surface area contributed by atoms with E-state index in [1.54, 1.807) is 6.08 Å². The van der Waals surface area contributed by atoms with Crippen LogP contribution in [0.3, 0.4) is 0 Å². The summed E-state index contributed by atoms with van der Waals surface area (Å²) < 4.78 is 0. The Labute approximate surface area is 94.4 Å². The molecule has 1 aromatic rings. The van der Waals surface area contributed by atoms with Crippen LogP contribution in [0.2, 0.25) is 0 Å². The highest BCUT2D eigenvalue weighted by molar-refractivity contribution is 5.95. The van der Waals surface area contributed by atoms with Crippen LogP contribution in [0, 0.1) is 0 Å². The molecule has 84 valence electrons. The number of imide groups is 1. The van der Waals surface area contributed by atoms with Crippen LogP contribution in [0.4, 0.5) is 4.79 Å². The zero-order valence-corrected chi connectivity index (χ0v) is 8.90. The number of rotatable bonds is 4. The Morgan fingerprint density at radius 2 is 1.94 bits per heavy atom. The largest absolute Gasteiger partial charge is 0.334 e. The van der Waals surface area contributed by atoms with E-state index in [0.29, 0.717) is 6.54 Å². The van der Waals surface area contributed by atoms with Crippen molar-refractivity contribution >= 4 is 11.9 Å². The van der Waals surface area contributed by atoms with Gasteiger partial charge in [-0.3, -0.25) is 10.1 Å². The smallest absolute Gasteiger partial charge is 0.321 e. The van der Waals surface area contributed by atoms with Crippen molar-refractivity contribution in [3.8, 4) is 0 Å². The number of carbonyl (C=O) groups is 2. The molecule has 0 spiro atoms. The maximum Gasteiger partial charge on any atom is 0.321 e. The van der Waals surface area contributed by atoms with Crippen molar-refractivity contribution in [1.82, 2.24) is 10.6 Å². The molecule has 0 aliphatic rings. The molecule has 16 heavy (non-hydrogen) atoms. The minimum absolute atomic E-state index is 0.197. The third kappa shape index (κ3) is 4.41. The second-order valence-electron chi connectivity index (χ2n) is 3.21. The van der Waals surface area contributed by atoms with Gasteiger partial charge in [-0.15, -0.1) is 6.58 Å². The monoisotopic (exact) mass is 218 g/mol. The molecule has 4 nitrogen and oxygen atoms in total. The van der Waals surface area contributed by atoms with Crippen LogP contribution in [-0.2, 0) is 11.2 Å². The molecule has 1 rings (SSSR count). The van der Waals surface area contributed by atoms with Crippen molar-refractivity contribution in [2.75, 3.05) is 6.54 Å². The van der Waals surface area contributed by atoms with Gasteiger partial charge in [0.2, 0.25) is 5.91 Å². The van der Waals surface area contributed by atoms with E-state index in [9.17, 15) is 9.59 Å². The first-order valence-electron chi connectivity index (χ1n) is 4.95. The number of nitrogens with one attached hydrogen (secondary N) is 2. The molecule has 0 unspecified atom stereocenters. The highest BCUT2D eigenvalue weighted by Gasteiger charge is 2.06. The highest BCUT2D eigenvalue weighted by Crippen LogP contribution is 1.98. The molecular formula is C12H14N2O2. The molecule has 3 amide bonds. The van der Waals surface area contributed by atoms with Crippen molar-refractivity contribution in [3.63, 3.8) is 0 Å². The van der Waals surface area contributed by atoms with Crippen LogP contribution < -0.4 is 10.6 Å². The number of hydrogen-bond donors (Lipinski definition) is 2. The van der Waals surface area contributed by atoms with Crippen LogP contribution in [-0.4, -0.2) is 18.5 Å². The molecule has 0 aliphatic heterocycles. The highest BCUT2D eigenvalue weighted by atomic mass is 16.2. The van der Waals surface area contributed by atoms with E-state index in [1.807, 2.05) is 30.3 Å². The maximum atomic E-state index is 11.4. The molecule has 0 bridgehead atoms. The van der Waals surface area contributed by atoms with Crippen molar-refractivity contribution in [1.29, 1.82) is 0 Å². The lowest BCUT2D eigenvalue weighted by Gasteiger charge is -2.04. The van der Waals surface area contributed by atoms with Gasteiger partial charge in [0.1, 0.15) is 0 Å². The predicted molar refractivity (Wildman–Crippen MR) is 61.9 cm³/mol. The molecule has 0 radical (unpaired) electrons. The number of carbonyl (C=O) groups excluding carboxylic acids is 2. The first kappa shape index (κ1) is 12.0. The zero-order valence-electron chi connectivity index (χ0n) is 8.90. The summed E-state index contributed by atoms with van der Waals surface area (Å²) in [7, 11) is 0. The molecule has 4 heteroatoms. The lowest BCUT2D eigenvalue weighted by Crippen LogP contribution is -2.40. The molecular weight excluding hydrogens is 204 g/mol. The predicted octanol–water partition coefficient (Wildman–Crippen LogP) is 1.24. The Kier molecular flexibility index (Phi) is 4.79. The van der Waals surface area contributed by atoms with Gasteiger partial charge in [0.15, 0.2) is 0 Å². The number of urea groups is 1. The van der Waals surface area contributed by atoms with Crippen molar-refractivity contribution in [2.45, 2.75) is 6.42 Å². The summed E-state index contributed by atoms with van der Waals surface area (Å²) in [6, 6.07) is 8.74. The van der Waals surface area contributed by atoms with E-state index in [2.05, 4.69) is 17.2 Å². The SMILES string of the molecule is C=CCNC(=O)NC(=O)Cc1ccccc1. The summed E-state index contributed by atoms with van der Waals surface area (Å²) in [5, 5.41) is 4.69. The van der Waals surface area contributed by atoms with Crippen LogP contribution in [0.1, 0.15) is 5.56 Å². The van der Waals surface area contributed by atoms with Gasteiger partial charge in [0.05, 0.1) is 6.42 Å². The fraction of sp³-hybridized carbons (Fsp3) is 0.167. The summed E-state index contributed by atoms with van der Waals surface area (Å²) in [6.45, 7) is 3.79. The molecule has 0 heterocycles. The minimum Gasteiger partial charge on any atom is -0.334 e. The molecule has 0 aliphatic carbocycles. The molecule has 0 aromatic heterocycles. The quantitative estimate of drug-likeness (QED) is 0.747. The van der Waals surface area contributed by atoms with E-state index in [1.165, 1.54) is 0 Å². The molecule has 0 saturated carbocycles. The summed E-state index contributed by atoms with van der Waals surface area (Å²) in [5.41, 5.74) is 0.872. The van der Waals surface area contributed by atoms with Crippen molar-refractivity contribution in [3.05, 3.63) is 48.6 Å². The molecule has 2 N–H and O–H groups in total. The van der Waals surface area contributed by atoms with Gasteiger partial charge in [-0.2, -0.15) is 0 Å². The van der Waals surface area contributed by atoms with Gasteiger partial charge in [-0.25, -0.2) is 4.79 Å². The fourth-order valence-corrected chi connectivity index (χ4v) is 1.16. The summed E-state index contributed by atoms with van der Waals surface area (Å²) in [5.74, 6) is -0.326. The number of benzene rings is 1. The van der Waals surface area contributed by atoms with E-state index in [-0.39, 0.29) is 12.3 Å². The zero-order chi connectivity index (χ0) is 11.8. The molecule has 0 atom stereocenters. The van der Waals surface area contributed by atoms with Gasteiger partial charge < -0.3 is 5.32 Å². The Morgan fingerprint density at radius 3 is 2.56 bits per heavy atom. The van der Waals surface area contributed by atoms with Crippen LogP contribution in [0.5, 0.6) is 0 Å². The second-order valence-corrected chi connectivity index (χ2v) is 3.21. The van der Waals surface area contributed by atoms with Crippen LogP contribution in [0.15, 0.2) is 43.0 Å². The first-order chi connectivity index (χ1) is 7.72. The van der Waals surface area contributed by atoms with Gasteiger partial charge in [-0.05, 0) is 5.56 Å². The average molecular weight is 218 g/mol. The summed E-state index contributed by atoms with van der Waals surface area (Å²) in [6.07, 6.45) is 1.74. The van der Waals surface area contributed by atoms with E-state index >= 15 is 0 Å². The van der Waals surface area contributed by atoms with Crippen molar-refractivity contribution < 1.29 is 9.59 Å². The normalized spacial score (nSPS) is 9.25. The van der Waals surface area contributed by atoms with Gasteiger partial charge in [-0.1, -0.05) is 36.4 Å². The lowest BCUT2D eigenvalue weighted by molar-refractivity contribution is -0.119. The van der Waals surface area contributed by atoms with Gasteiger partial charge in [0, 0.05) is 6.54 Å². The molecule has 0 saturated heterocycles. The minimum atomic E-state index is -0.499. The Morgan fingerprint density at radius 1 is 1.25 bits per heavy atom. The van der Waals surface area contributed by atoms with E-state index in [0.717, 1.165) is 5.56 Å². The fourth-order valence-electron chi connectivity index (χ4n) is 1.16. The topological polar surface area (TPSA) is 58.2 Å². The van der Waals surface area contributed by atoms with Crippen LogP contribution in [0.25, 0.3) is 0 Å². The maximum absolute atomic E-state index is 11.4. The van der Waals surface area contributed by atoms with E-state index < -0.39 is 6.03 Å². The summed E-state index contributed by atoms with van der Waals surface area (Å²) >= 11 is 0. The second kappa shape index (κ2) is 6.40. The van der Waals surface area contributed by atoms with E-state index in [4.69, 9.17) is 0 Å². The van der Waals surface area contributed by atoms with Crippen molar-refractivity contribution in [2.24, 2.45) is 0 Å². The summed E-state index contributed by atoms with van der Waals surface area (Å²) in [4.78, 5) is 22.5. The first-order valence-corrected chi connectivity index (χ1v) is 4.95. The third-order valence-corrected chi connectivity index (χ3v) is 1.87. The number of amides is 3. The standard InChI is InChI=1S/C12H14N2O2/c1-2-8-13-12(16)14-11(15)9-10-6-4-3-5-7-10/h2-7H,1,8-9H2,(H2,13,14,15,16). The number of hydrogen-bond acceptors (Lipinski definition) is 2. The molecule has 1 aromatic carbocycles. The van der Waals surface area contributed by atoms with Gasteiger partial charge in [0.25, 0.3) is 0 Å². The Balaban J connectivity index is 2.36. The third-order valence-electron chi connectivity index (χ3n) is 1.87. The Hall–Kier alpha value is -2.10. The Bertz CT molecular complexity index is 374. The lowest BCUT2D eigenvalue weighted by atomic mass is 10.1. The average Bonchev–Trinajstić information content (AvgIpc) is 2.27. The van der Waals surface area contributed by atoms with Gasteiger partial charge >= 0.3 is 6.03 Å². The molecule has 0 fully saturated rings.